The Balaban J connectivity index is 3.34. The summed E-state index contributed by atoms with van der Waals surface area (Å²) in [5, 5.41) is 2.01. The molecular weight excluding hydrogens is 279 g/mol. The largest absolute Gasteiger partial charge is 0.417 e. The van der Waals surface area contributed by atoms with Gasteiger partial charge < -0.3 is 0 Å². The van der Waals surface area contributed by atoms with Crippen LogP contribution in [0.25, 0.3) is 0 Å². The molecule has 0 amide bonds. The van der Waals surface area contributed by atoms with Crippen molar-refractivity contribution in [3.8, 4) is 0 Å². The Morgan fingerprint density at radius 3 is 2.50 bits per heavy atom. The number of nitrogens with zero attached hydrogens (tertiary/aromatic N) is 1. The van der Waals surface area contributed by atoms with Crippen molar-refractivity contribution in [2.75, 3.05) is 0 Å². The minimum Gasteiger partial charge on any atom is -0.194 e. The third kappa shape index (κ3) is 2.41. The van der Waals surface area contributed by atoms with E-state index in [2.05, 4.69) is 33.1 Å². The summed E-state index contributed by atoms with van der Waals surface area (Å²) < 4.78 is 36.9. The molecule has 74 valence electrons. The first kappa shape index (κ1) is 11.4. The zero-order valence-corrected chi connectivity index (χ0v) is 9.00. The Bertz CT molecular complexity index is 396. The van der Waals surface area contributed by atoms with Crippen molar-refractivity contribution in [1.29, 1.82) is 0 Å². The Hall–Kier alpha value is -0.710. The van der Waals surface area contributed by atoms with Crippen molar-refractivity contribution in [2.24, 2.45) is 4.99 Å². The van der Waals surface area contributed by atoms with Crippen LogP contribution < -0.4 is 0 Å². The summed E-state index contributed by atoms with van der Waals surface area (Å²) in [5.41, 5.74) is -0.654. The first-order chi connectivity index (χ1) is 6.46. The molecule has 0 bridgehead atoms. The summed E-state index contributed by atoms with van der Waals surface area (Å²) in [6.45, 7) is 0. The van der Waals surface area contributed by atoms with Gasteiger partial charge in [-0.3, -0.25) is 0 Å². The summed E-state index contributed by atoms with van der Waals surface area (Å²) in [6, 6.07) is 3.64. The molecule has 0 aliphatic heterocycles. The number of hydrogen-bond donors (Lipinski definition) is 0. The molecule has 0 heterocycles. The maximum Gasteiger partial charge on any atom is 0.417 e. The number of isothiocyanates is 1. The minimum absolute atomic E-state index is 0.120. The van der Waals surface area contributed by atoms with E-state index in [4.69, 9.17) is 0 Å². The van der Waals surface area contributed by atoms with Crippen LogP contribution in [-0.4, -0.2) is 5.16 Å². The number of alkyl halides is 3. The Labute approximate surface area is 91.8 Å². The number of hydrogen-bond acceptors (Lipinski definition) is 2. The number of benzene rings is 1. The second-order valence-electron chi connectivity index (χ2n) is 2.34. The fourth-order valence-electron chi connectivity index (χ4n) is 0.874. The van der Waals surface area contributed by atoms with E-state index in [9.17, 15) is 13.2 Å². The number of thiocarbonyl (C=S) groups is 1. The van der Waals surface area contributed by atoms with Gasteiger partial charge in [0.25, 0.3) is 0 Å². The standard InChI is InChI=1S/C8H3BrF3NS/c9-7-5(8(10,11)12)2-1-3-6(7)13-4-14/h1-3H. The lowest BCUT2D eigenvalue weighted by atomic mass is 10.2. The maximum absolute atomic E-state index is 12.4. The lowest BCUT2D eigenvalue weighted by molar-refractivity contribution is -0.138. The summed E-state index contributed by atoms with van der Waals surface area (Å²) in [7, 11) is 0. The van der Waals surface area contributed by atoms with Gasteiger partial charge in [-0.1, -0.05) is 6.07 Å². The predicted octanol–water partition coefficient (Wildman–Crippen LogP) is 4.20. The fraction of sp³-hybridized carbons (Fsp3) is 0.125. The van der Waals surface area contributed by atoms with Crippen LogP contribution >= 0.6 is 28.1 Å². The molecule has 6 heteroatoms. The van der Waals surface area contributed by atoms with Gasteiger partial charge in [0.15, 0.2) is 0 Å². The van der Waals surface area contributed by atoms with Crippen molar-refractivity contribution in [2.45, 2.75) is 6.18 Å². The van der Waals surface area contributed by atoms with E-state index >= 15 is 0 Å². The summed E-state index contributed by atoms with van der Waals surface area (Å²) in [6.07, 6.45) is -4.40. The van der Waals surface area contributed by atoms with Crippen molar-refractivity contribution < 1.29 is 13.2 Å². The van der Waals surface area contributed by atoms with Gasteiger partial charge in [0.2, 0.25) is 0 Å². The fourth-order valence-corrected chi connectivity index (χ4v) is 1.55. The zero-order chi connectivity index (χ0) is 10.8. The molecule has 0 saturated heterocycles. The Kier molecular flexibility index (Phi) is 3.42. The topological polar surface area (TPSA) is 12.4 Å². The SMILES string of the molecule is FC(F)(F)c1cccc(N=C=S)c1Br. The molecule has 0 saturated carbocycles. The average Bonchev–Trinajstić information content (AvgIpc) is 2.07. The van der Waals surface area contributed by atoms with E-state index in [1.165, 1.54) is 12.1 Å². The highest BCUT2D eigenvalue weighted by molar-refractivity contribution is 9.10. The quantitative estimate of drug-likeness (QED) is 0.555. The molecule has 14 heavy (non-hydrogen) atoms. The highest BCUT2D eigenvalue weighted by Gasteiger charge is 2.33. The van der Waals surface area contributed by atoms with Crippen LogP contribution in [-0.2, 0) is 6.18 Å². The van der Waals surface area contributed by atoms with Crippen molar-refractivity contribution in [3.05, 3.63) is 28.2 Å². The second-order valence-corrected chi connectivity index (χ2v) is 3.32. The van der Waals surface area contributed by atoms with Crippen LogP contribution in [0.4, 0.5) is 18.9 Å². The third-order valence-corrected chi connectivity index (χ3v) is 2.37. The summed E-state index contributed by atoms with van der Waals surface area (Å²) in [4.78, 5) is 3.50. The van der Waals surface area contributed by atoms with Crippen LogP contribution in [0.1, 0.15) is 5.56 Å². The molecule has 1 rings (SSSR count). The van der Waals surface area contributed by atoms with E-state index in [-0.39, 0.29) is 10.2 Å². The van der Waals surface area contributed by atoms with Gasteiger partial charge in [0.05, 0.1) is 20.9 Å². The van der Waals surface area contributed by atoms with Crippen LogP contribution in [0.15, 0.2) is 27.7 Å². The monoisotopic (exact) mass is 281 g/mol. The van der Waals surface area contributed by atoms with Crippen LogP contribution in [0, 0.1) is 0 Å². The zero-order valence-electron chi connectivity index (χ0n) is 6.60. The van der Waals surface area contributed by atoms with Gasteiger partial charge in [-0.05, 0) is 40.3 Å². The molecule has 0 N–H and O–H groups in total. The Morgan fingerprint density at radius 2 is 2.00 bits per heavy atom. The first-order valence-corrected chi connectivity index (χ1v) is 4.60. The summed E-state index contributed by atoms with van der Waals surface area (Å²) >= 11 is 7.13. The highest BCUT2D eigenvalue weighted by Crippen LogP contribution is 2.39. The van der Waals surface area contributed by atoms with Gasteiger partial charge in [0, 0.05) is 0 Å². The number of rotatable bonds is 1. The van der Waals surface area contributed by atoms with Crippen LogP contribution in [0.3, 0.4) is 0 Å². The van der Waals surface area contributed by atoms with E-state index in [1.54, 1.807) is 0 Å². The molecular formula is C8H3BrF3NS. The molecule has 0 radical (unpaired) electrons. The Morgan fingerprint density at radius 1 is 1.36 bits per heavy atom. The molecule has 1 aromatic rings. The minimum atomic E-state index is -4.40. The molecule has 0 spiro atoms. The van der Waals surface area contributed by atoms with Gasteiger partial charge in [0.1, 0.15) is 0 Å². The third-order valence-electron chi connectivity index (χ3n) is 1.45. The molecule has 0 unspecified atom stereocenters. The molecule has 0 aromatic heterocycles. The molecule has 1 aromatic carbocycles. The molecule has 0 atom stereocenters. The molecule has 1 nitrogen and oxygen atoms in total. The van der Waals surface area contributed by atoms with Crippen molar-refractivity contribution in [1.82, 2.24) is 0 Å². The molecule has 0 fully saturated rings. The number of halogens is 4. The lowest BCUT2D eigenvalue weighted by Gasteiger charge is -2.09. The van der Waals surface area contributed by atoms with E-state index in [0.717, 1.165) is 6.07 Å². The van der Waals surface area contributed by atoms with Crippen LogP contribution in [0.2, 0.25) is 0 Å². The van der Waals surface area contributed by atoms with E-state index < -0.39 is 11.7 Å². The molecule has 0 aliphatic carbocycles. The first-order valence-electron chi connectivity index (χ1n) is 3.40. The molecule has 0 aliphatic rings. The van der Waals surface area contributed by atoms with E-state index in [0.29, 0.717) is 0 Å². The maximum atomic E-state index is 12.4. The normalized spacial score (nSPS) is 10.9. The predicted molar refractivity (Wildman–Crippen MR) is 53.8 cm³/mol. The van der Waals surface area contributed by atoms with Crippen molar-refractivity contribution >= 4 is 39.0 Å². The van der Waals surface area contributed by atoms with Gasteiger partial charge in [-0.15, -0.1) is 0 Å². The van der Waals surface area contributed by atoms with Gasteiger partial charge in [-0.2, -0.15) is 18.2 Å². The second kappa shape index (κ2) is 4.21. The van der Waals surface area contributed by atoms with E-state index in [1.807, 2.05) is 5.16 Å². The van der Waals surface area contributed by atoms with Gasteiger partial charge >= 0.3 is 6.18 Å². The number of aliphatic imine (C=N–C) groups is 1. The smallest absolute Gasteiger partial charge is 0.194 e. The summed E-state index contributed by atoms with van der Waals surface area (Å²) in [5.74, 6) is 0. The van der Waals surface area contributed by atoms with Gasteiger partial charge in [-0.25, -0.2) is 0 Å². The lowest BCUT2D eigenvalue weighted by Crippen LogP contribution is -2.05. The average molecular weight is 282 g/mol. The van der Waals surface area contributed by atoms with Crippen molar-refractivity contribution in [3.63, 3.8) is 0 Å². The van der Waals surface area contributed by atoms with Crippen LogP contribution in [0.5, 0.6) is 0 Å². The highest BCUT2D eigenvalue weighted by atomic mass is 79.9.